The van der Waals surface area contributed by atoms with Crippen molar-refractivity contribution in [2.45, 2.75) is 186 Å². The molecule has 376 valence electrons. The Labute approximate surface area is 389 Å². The molecular formula is C45H75N3O16P2. The number of nitrogen functional groups attached to an aromatic ring is 1. The molecule has 3 rings (SSSR count). The minimum Gasteiger partial charge on any atom is -0.462 e. The highest BCUT2D eigenvalue weighted by Crippen LogP contribution is 2.60. The number of phosphoric ester groups is 2. The molecule has 4 unspecified atom stereocenters. The van der Waals surface area contributed by atoms with E-state index in [0.717, 1.165) is 68.6 Å². The third-order valence-corrected chi connectivity index (χ3v) is 13.4. The van der Waals surface area contributed by atoms with E-state index in [4.69, 9.17) is 33.7 Å². The van der Waals surface area contributed by atoms with Crippen LogP contribution in [0.1, 0.15) is 149 Å². The lowest BCUT2D eigenvalue weighted by atomic mass is 10.0. The quantitative estimate of drug-likeness (QED) is 0.0142. The lowest BCUT2D eigenvalue weighted by Gasteiger charge is -2.21. The standard InChI is InChI=1S/C45H75N3O16P2/c1-4-5-6-7-15-20-25-36-37(62-36)26-21-16-11-9-12-17-22-27-40(49)58-31-35(61-41(50)28-23-18-13-8-10-14-19-24-34(2)3)32-59-65(54,55)64-66(56,57)60-33-38-42(51)43(52)44(63-38)48-30-29-39(46)47-45(48)53/h9,12,15-16,20-21,29-30,34-38,42-44,51-52H,4-8,10-11,13-14,17-19,22-28,31-33H2,1-3H3,(H,54,55)(H,56,57)(H2,46,47,53)/b12-9-,20-15-,21-16-/t35-,36?,37?,38-,42-,43-,44-/m1/s1. The minimum atomic E-state index is -5.43. The van der Waals surface area contributed by atoms with Crippen molar-refractivity contribution in [1.82, 2.24) is 9.55 Å². The number of phosphoric acid groups is 2. The van der Waals surface area contributed by atoms with E-state index in [-0.39, 0.29) is 24.8 Å². The monoisotopic (exact) mass is 975 g/mol. The van der Waals surface area contributed by atoms with Crippen LogP contribution in [0.3, 0.4) is 0 Å². The second-order valence-electron chi connectivity index (χ2n) is 17.1. The number of anilines is 1. The Morgan fingerprint density at radius 1 is 0.788 bits per heavy atom. The molecule has 19 nitrogen and oxygen atoms in total. The van der Waals surface area contributed by atoms with Crippen LogP contribution in [0.5, 0.6) is 0 Å². The van der Waals surface area contributed by atoms with Gasteiger partial charge in [0.25, 0.3) is 0 Å². The number of unbranched alkanes of at least 4 members (excludes halogenated alkanes) is 10. The van der Waals surface area contributed by atoms with E-state index in [2.05, 4.69) is 54.4 Å². The van der Waals surface area contributed by atoms with Gasteiger partial charge in [-0.05, 0) is 63.4 Å². The number of rotatable bonds is 36. The van der Waals surface area contributed by atoms with Crippen LogP contribution in [-0.4, -0.2) is 97.9 Å². The summed E-state index contributed by atoms with van der Waals surface area (Å²) in [4.78, 5) is 61.7. The molecule has 0 radical (unpaired) electrons. The molecule has 66 heavy (non-hydrogen) atoms. The maximum Gasteiger partial charge on any atom is 0.481 e. The molecule has 0 spiro atoms. The molecule has 0 saturated carbocycles. The molecule has 2 aliphatic heterocycles. The van der Waals surface area contributed by atoms with E-state index in [9.17, 15) is 43.5 Å². The summed E-state index contributed by atoms with van der Waals surface area (Å²) in [5, 5.41) is 20.9. The van der Waals surface area contributed by atoms with Crippen LogP contribution in [-0.2, 0) is 51.0 Å². The first kappa shape index (κ1) is 57.3. The van der Waals surface area contributed by atoms with Gasteiger partial charge in [0.15, 0.2) is 12.3 Å². The largest absolute Gasteiger partial charge is 0.481 e. The SMILES string of the molecule is CCCCC/C=C\CC1OC1C/C=C\C/C=C\CCCC(=O)OC[C@H](COP(=O)(O)OP(=O)(O)OC[C@H]1O[C@@H](n2ccc(N)nc2=O)[C@H](O)[C@@H]1O)OC(=O)CCCCCCCCCC(C)C. The van der Waals surface area contributed by atoms with Crippen molar-refractivity contribution < 1.29 is 71.0 Å². The van der Waals surface area contributed by atoms with Crippen molar-refractivity contribution in [3.63, 3.8) is 0 Å². The Kier molecular flexibility index (Phi) is 27.0. The number of epoxide rings is 1. The van der Waals surface area contributed by atoms with Crippen molar-refractivity contribution in [2.24, 2.45) is 5.92 Å². The molecule has 21 heteroatoms. The van der Waals surface area contributed by atoms with Crippen LogP contribution in [0.25, 0.3) is 0 Å². The number of carbonyl (C=O) groups excluding carboxylic acids is 2. The van der Waals surface area contributed by atoms with Gasteiger partial charge < -0.3 is 44.7 Å². The zero-order chi connectivity index (χ0) is 48.4. The molecule has 2 aliphatic rings. The first-order valence-electron chi connectivity index (χ1n) is 23.5. The summed E-state index contributed by atoms with van der Waals surface area (Å²) >= 11 is 0. The van der Waals surface area contributed by atoms with Crippen molar-refractivity contribution in [1.29, 1.82) is 0 Å². The van der Waals surface area contributed by atoms with Gasteiger partial charge in [0.05, 0.1) is 25.4 Å². The number of aliphatic hydroxyl groups excluding tert-OH is 2. The average Bonchev–Trinajstić information content (AvgIpc) is 3.95. The second-order valence-corrected chi connectivity index (χ2v) is 20.2. The lowest BCUT2D eigenvalue weighted by molar-refractivity contribution is -0.161. The molecule has 0 aliphatic carbocycles. The van der Waals surface area contributed by atoms with E-state index >= 15 is 0 Å². The Balaban J connectivity index is 1.42. The topological polar surface area (TPSA) is 278 Å². The molecule has 1 aromatic heterocycles. The fourth-order valence-electron chi connectivity index (χ4n) is 7.00. The highest BCUT2D eigenvalue weighted by molar-refractivity contribution is 7.61. The molecule has 9 atom stereocenters. The van der Waals surface area contributed by atoms with E-state index in [1.54, 1.807) is 0 Å². The predicted molar refractivity (Wildman–Crippen MR) is 247 cm³/mol. The van der Waals surface area contributed by atoms with Crippen molar-refractivity contribution in [3.8, 4) is 0 Å². The zero-order valence-corrected chi connectivity index (χ0v) is 40.6. The van der Waals surface area contributed by atoms with Gasteiger partial charge >= 0.3 is 33.3 Å². The van der Waals surface area contributed by atoms with Crippen LogP contribution < -0.4 is 11.4 Å². The fraction of sp³-hybridized carbons (Fsp3) is 0.733. The molecule has 6 N–H and O–H groups in total. The van der Waals surface area contributed by atoms with Crippen LogP contribution >= 0.6 is 15.6 Å². The van der Waals surface area contributed by atoms with E-state index in [1.807, 2.05) is 12.2 Å². The maximum absolute atomic E-state index is 12.8. The summed E-state index contributed by atoms with van der Waals surface area (Å²) < 4.78 is 62.3. The first-order valence-corrected chi connectivity index (χ1v) is 26.5. The fourth-order valence-corrected chi connectivity index (χ4v) is 9.11. The number of carbonyl (C=O) groups is 2. The summed E-state index contributed by atoms with van der Waals surface area (Å²) in [5.41, 5.74) is 4.57. The highest BCUT2D eigenvalue weighted by atomic mass is 31.3. The second kappa shape index (κ2) is 31.1. The van der Waals surface area contributed by atoms with Crippen molar-refractivity contribution in [3.05, 3.63) is 59.2 Å². The van der Waals surface area contributed by atoms with Gasteiger partial charge in [-0.1, -0.05) is 115 Å². The number of nitrogens with two attached hydrogens (primary N) is 1. The van der Waals surface area contributed by atoms with Gasteiger partial charge in [-0.25, -0.2) is 13.9 Å². The molecule has 2 saturated heterocycles. The summed E-state index contributed by atoms with van der Waals surface area (Å²) in [6.45, 7) is 4.25. The van der Waals surface area contributed by atoms with E-state index < -0.39 is 83.7 Å². The van der Waals surface area contributed by atoms with Crippen LogP contribution in [0, 0.1) is 5.92 Å². The van der Waals surface area contributed by atoms with Gasteiger partial charge in [-0.3, -0.25) is 23.2 Å². The van der Waals surface area contributed by atoms with Crippen molar-refractivity contribution >= 4 is 33.4 Å². The molecule has 0 bridgehead atoms. The molecular weight excluding hydrogens is 900 g/mol. The highest BCUT2D eigenvalue weighted by Gasteiger charge is 2.46. The maximum atomic E-state index is 12.8. The van der Waals surface area contributed by atoms with E-state index in [0.29, 0.717) is 31.3 Å². The van der Waals surface area contributed by atoms with Gasteiger partial charge in [-0.2, -0.15) is 9.29 Å². The first-order chi connectivity index (χ1) is 31.5. The summed E-state index contributed by atoms with van der Waals surface area (Å²) in [6.07, 6.45) is 23.1. The average molecular weight is 976 g/mol. The predicted octanol–water partition coefficient (Wildman–Crippen LogP) is 7.67. The Bertz CT molecular complexity index is 1830. The smallest absolute Gasteiger partial charge is 0.462 e. The number of hydrogen-bond donors (Lipinski definition) is 5. The molecule has 0 amide bonds. The number of esters is 2. The summed E-state index contributed by atoms with van der Waals surface area (Å²) in [5.74, 6) is -0.694. The van der Waals surface area contributed by atoms with Crippen LogP contribution in [0.2, 0.25) is 0 Å². The number of ether oxygens (including phenoxy) is 4. The van der Waals surface area contributed by atoms with Gasteiger partial charge in [0.2, 0.25) is 0 Å². The van der Waals surface area contributed by atoms with Gasteiger partial charge in [-0.15, -0.1) is 0 Å². The number of aliphatic hydroxyl groups is 2. The molecule has 2 fully saturated rings. The molecule has 3 heterocycles. The van der Waals surface area contributed by atoms with Gasteiger partial charge in [0.1, 0.15) is 30.7 Å². The summed E-state index contributed by atoms with van der Waals surface area (Å²) in [6, 6.07) is 1.24. The minimum absolute atomic E-state index is 0.0339. The summed E-state index contributed by atoms with van der Waals surface area (Å²) in [7, 11) is -10.9. The van der Waals surface area contributed by atoms with Crippen molar-refractivity contribution in [2.75, 3.05) is 25.6 Å². The third-order valence-electron chi connectivity index (χ3n) is 10.8. The van der Waals surface area contributed by atoms with E-state index in [1.165, 1.54) is 38.2 Å². The number of hydrogen-bond acceptors (Lipinski definition) is 16. The molecule has 0 aromatic carbocycles. The Morgan fingerprint density at radius 2 is 1.41 bits per heavy atom. The van der Waals surface area contributed by atoms with Gasteiger partial charge in [0, 0.05) is 19.0 Å². The van der Waals surface area contributed by atoms with Crippen LogP contribution in [0.15, 0.2) is 53.5 Å². The number of nitrogens with zero attached hydrogens (tertiary/aromatic N) is 2. The molecule has 1 aromatic rings. The van der Waals surface area contributed by atoms with Crippen LogP contribution in [0.4, 0.5) is 5.82 Å². The number of allylic oxidation sites excluding steroid dienone is 4. The lowest BCUT2D eigenvalue weighted by Crippen LogP contribution is -2.36. The Morgan fingerprint density at radius 3 is 2.11 bits per heavy atom. The number of aromatic nitrogens is 2. The third kappa shape index (κ3) is 24.3. The Hall–Kier alpha value is -3.06. The zero-order valence-electron chi connectivity index (χ0n) is 38.8. The normalized spacial score (nSPS) is 23.2.